The highest BCUT2D eigenvalue weighted by atomic mass is 32.2. The zero-order chi connectivity index (χ0) is 16.0. The molecule has 1 aromatic heterocycles. The Labute approximate surface area is 146 Å². The number of piperidine rings is 1. The van der Waals surface area contributed by atoms with Crippen molar-refractivity contribution in [3.63, 3.8) is 0 Å². The van der Waals surface area contributed by atoms with Gasteiger partial charge >= 0.3 is 0 Å². The lowest BCUT2D eigenvalue weighted by Crippen LogP contribution is -2.42. The molecule has 2 fully saturated rings. The molecule has 0 aromatic carbocycles. The van der Waals surface area contributed by atoms with Crippen molar-refractivity contribution in [3.05, 3.63) is 22.6 Å². The minimum atomic E-state index is 0.118. The van der Waals surface area contributed by atoms with Crippen LogP contribution in [0.5, 0.6) is 0 Å². The number of hydrogen-bond donors (Lipinski definition) is 0. The minimum absolute atomic E-state index is 0.118. The summed E-state index contributed by atoms with van der Waals surface area (Å²) in [7, 11) is 0. The van der Waals surface area contributed by atoms with E-state index in [2.05, 4.69) is 37.4 Å². The maximum absolute atomic E-state index is 13.1. The van der Waals surface area contributed by atoms with E-state index in [1.807, 2.05) is 4.90 Å². The van der Waals surface area contributed by atoms with Crippen LogP contribution in [0.25, 0.3) is 0 Å². The van der Waals surface area contributed by atoms with E-state index in [0.29, 0.717) is 11.8 Å². The molecule has 1 aliphatic carbocycles. The van der Waals surface area contributed by atoms with E-state index < -0.39 is 0 Å². The second-order valence-corrected chi connectivity index (χ2v) is 10.0. The fraction of sp³-hybridized carbons (Fsp3) is 0.722. The number of hydrogen-bond acceptors (Lipinski definition) is 4. The number of furan rings is 1. The third-order valence-electron chi connectivity index (χ3n) is 5.52. The summed E-state index contributed by atoms with van der Waals surface area (Å²) in [6.07, 6.45) is 6.83. The number of carbonyl (C=O) groups is 1. The van der Waals surface area contributed by atoms with Crippen molar-refractivity contribution < 1.29 is 9.21 Å². The molecule has 2 saturated heterocycles. The second kappa shape index (κ2) is 6.07. The van der Waals surface area contributed by atoms with Gasteiger partial charge in [-0.25, -0.2) is 0 Å². The van der Waals surface area contributed by atoms with Crippen LogP contribution in [-0.2, 0) is 10.5 Å². The van der Waals surface area contributed by atoms with E-state index in [1.54, 1.807) is 0 Å². The molecule has 1 amide bonds. The molecule has 5 heteroatoms. The summed E-state index contributed by atoms with van der Waals surface area (Å²) in [5.41, 5.74) is 2.47. The number of rotatable bonds is 1. The first-order valence-electron chi connectivity index (χ1n) is 8.84. The number of aryl methyl sites for hydroxylation is 1. The van der Waals surface area contributed by atoms with E-state index in [-0.39, 0.29) is 9.99 Å². The van der Waals surface area contributed by atoms with Gasteiger partial charge in [0.25, 0.3) is 5.91 Å². The lowest BCUT2D eigenvalue weighted by Gasteiger charge is -2.33. The lowest BCUT2D eigenvalue weighted by molar-refractivity contribution is 0.0600. The molecule has 2 aliphatic heterocycles. The first-order valence-corrected chi connectivity index (χ1v) is 10.8. The highest BCUT2D eigenvalue weighted by Gasteiger charge is 2.45. The third-order valence-corrected chi connectivity index (χ3v) is 9.05. The van der Waals surface area contributed by atoms with E-state index >= 15 is 0 Å². The highest BCUT2D eigenvalue weighted by Crippen LogP contribution is 2.59. The van der Waals surface area contributed by atoms with Gasteiger partial charge in [0.2, 0.25) is 0 Å². The maximum Gasteiger partial charge on any atom is 0.290 e. The predicted octanol–water partition coefficient (Wildman–Crippen LogP) is 4.57. The van der Waals surface area contributed by atoms with E-state index in [9.17, 15) is 4.79 Å². The molecule has 0 radical (unpaired) electrons. The predicted molar refractivity (Wildman–Crippen MR) is 97.3 cm³/mol. The number of thioether (sulfide) groups is 2. The van der Waals surface area contributed by atoms with Crippen molar-refractivity contribution in [2.45, 2.75) is 62.5 Å². The van der Waals surface area contributed by atoms with Crippen molar-refractivity contribution in [3.8, 4) is 0 Å². The van der Waals surface area contributed by atoms with Gasteiger partial charge < -0.3 is 9.32 Å². The standard InChI is InChI=1S/C18H25NO2S2/c1-12-6-3-4-9-19(12)17(20)16-13(2)15-14(21-16)7-5-8-18(15)22-10-11-23-18/h12H,3-11H2,1-2H3. The van der Waals surface area contributed by atoms with E-state index in [0.717, 1.165) is 37.1 Å². The molecule has 3 aliphatic rings. The van der Waals surface area contributed by atoms with Crippen LogP contribution < -0.4 is 0 Å². The monoisotopic (exact) mass is 351 g/mol. The molecule has 1 atom stereocenters. The average molecular weight is 352 g/mol. The van der Waals surface area contributed by atoms with Crippen LogP contribution in [0, 0.1) is 6.92 Å². The van der Waals surface area contributed by atoms with E-state index in [1.165, 1.54) is 36.3 Å². The van der Waals surface area contributed by atoms with Gasteiger partial charge in [0.15, 0.2) is 5.76 Å². The van der Waals surface area contributed by atoms with Crippen LogP contribution in [0.1, 0.15) is 66.5 Å². The summed E-state index contributed by atoms with van der Waals surface area (Å²) in [5.74, 6) is 4.25. The largest absolute Gasteiger partial charge is 0.455 e. The molecule has 4 rings (SSSR count). The van der Waals surface area contributed by atoms with Crippen molar-refractivity contribution in [2.24, 2.45) is 0 Å². The Morgan fingerprint density at radius 2 is 2.04 bits per heavy atom. The topological polar surface area (TPSA) is 33.5 Å². The Balaban J connectivity index is 1.71. The van der Waals surface area contributed by atoms with Crippen LogP contribution in [0.2, 0.25) is 0 Å². The first kappa shape index (κ1) is 15.9. The van der Waals surface area contributed by atoms with Crippen LogP contribution in [0.3, 0.4) is 0 Å². The van der Waals surface area contributed by atoms with Crippen LogP contribution in [0.15, 0.2) is 4.42 Å². The van der Waals surface area contributed by atoms with Crippen LogP contribution in [-0.4, -0.2) is 34.9 Å². The second-order valence-electron chi connectivity index (χ2n) is 7.00. The summed E-state index contributed by atoms with van der Waals surface area (Å²) < 4.78 is 6.33. The molecule has 3 heterocycles. The normalized spacial score (nSPS) is 26.5. The fourth-order valence-electron chi connectivity index (χ4n) is 4.33. The van der Waals surface area contributed by atoms with Crippen molar-refractivity contribution in [1.29, 1.82) is 0 Å². The molecule has 0 bridgehead atoms. The smallest absolute Gasteiger partial charge is 0.290 e. The average Bonchev–Trinajstić information content (AvgIpc) is 3.14. The van der Waals surface area contributed by atoms with Gasteiger partial charge in [-0.3, -0.25) is 4.79 Å². The molecule has 0 saturated carbocycles. The Morgan fingerprint density at radius 3 is 2.78 bits per heavy atom. The molecular weight excluding hydrogens is 326 g/mol. The van der Waals surface area contributed by atoms with Gasteiger partial charge in [0.1, 0.15) is 5.76 Å². The summed E-state index contributed by atoms with van der Waals surface area (Å²) in [6, 6.07) is 0.335. The van der Waals surface area contributed by atoms with Gasteiger partial charge in [0, 0.05) is 41.6 Å². The zero-order valence-electron chi connectivity index (χ0n) is 14.0. The molecule has 23 heavy (non-hydrogen) atoms. The molecule has 1 unspecified atom stereocenters. The summed E-state index contributed by atoms with van der Waals surface area (Å²) >= 11 is 4.12. The Kier molecular flexibility index (Phi) is 4.21. The van der Waals surface area contributed by atoms with Crippen molar-refractivity contribution in [2.75, 3.05) is 18.1 Å². The van der Waals surface area contributed by atoms with Gasteiger partial charge in [-0.05, 0) is 46.0 Å². The number of nitrogens with zero attached hydrogens (tertiary/aromatic N) is 1. The Morgan fingerprint density at radius 1 is 1.26 bits per heavy atom. The van der Waals surface area contributed by atoms with Gasteiger partial charge in [-0.1, -0.05) is 0 Å². The summed E-state index contributed by atoms with van der Waals surface area (Å²) in [5, 5.41) is 0. The minimum Gasteiger partial charge on any atom is -0.455 e. The third kappa shape index (κ3) is 2.55. The maximum atomic E-state index is 13.1. The quantitative estimate of drug-likeness (QED) is 0.742. The first-order chi connectivity index (χ1) is 11.1. The molecule has 1 spiro atoms. The van der Waals surface area contributed by atoms with E-state index in [4.69, 9.17) is 4.42 Å². The summed E-state index contributed by atoms with van der Waals surface area (Å²) in [6.45, 7) is 5.15. The number of fused-ring (bicyclic) bond motifs is 2. The molecule has 126 valence electrons. The molecular formula is C18H25NO2S2. The zero-order valence-corrected chi connectivity index (χ0v) is 15.7. The van der Waals surface area contributed by atoms with Crippen LogP contribution >= 0.6 is 23.5 Å². The number of likely N-dealkylation sites (tertiary alicyclic amines) is 1. The van der Waals surface area contributed by atoms with Crippen LogP contribution in [0.4, 0.5) is 0 Å². The highest BCUT2D eigenvalue weighted by molar-refractivity contribution is 8.20. The Hall–Kier alpha value is -0.550. The van der Waals surface area contributed by atoms with Gasteiger partial charge in [-0.15, -0.1) is 23.5 Å². The van der Waals surface area contributed by atoms with Gasteiger partial charge in [0.05, 0.1) is 4.08 Å². The summed E-state index contributed by atoms with van der Waals surface area (Å²) in [4.78, 5) is 15.1. The number of amides is 1. The Bertz CT molecular complexity index is 619. The number of carbonyl (C=O) groups excluding carboxylic acids is 1. The van der Waals surface area contributed by atoms with Gasteiger partial charge in [-0.2, -0.15) is 0 Å². The molecule has 3 nitrogen and oxygen atoms in total. The molecule has 1 aromatic rings. The van der Waals surface area contributed by atoms with Crippen molar-refractivity contribution >= 4 is 29.4 Å². The van der Waals surface area contributed by atoms with Crippen molar-refractivity contribution in [1.82, 2.24) is 4.90 Å². The lowest BCUT2D eigenvalue weighted by atomic mass is 9.93. The fourth-order valence-corrected chi connectivity index (χ4v) is 7.89. The SMILES string of the molecule is Cc1c(C(=O)N2CCCCC2C)oc2c1C1(CCC2)SCCS1. The molecule has 0 N–H and O–H groups in total.